The fourth-order valence-corrected chi connectivity index (χ4v) is 2.25. The first kappa shape index (κ1) is 12.7. The van der Waals surface area contributed by atoms with Crippen molar-refractivity contribution in [3.63, 3.8) is 0 Å². The van der Waals surface area contributed by atoms with Gasteiger partial charge in [0.1, 0.15) is 5.75 Å². The summed E-state index contributed by atoms with van der Waals surface area (Å²) in [5.74, 6) is -1.28. The summed E-state index contributed by atoms with van der Waals surface area (Å²) < 4.78 is 40.0. The fraction of sp³-hybridized carbons (Fsp3) is 0.417. The Labute approximate surface area is 101 Å². The zero-order chi connectivity index (χ0) is 13.6. The lowest BCUT2D eigenvalue weighted by molar-refractivity contribution is -0.274. The number of alkyl halides is 3. The topological polar surface area (TPSA) is 46.5 Å². The van der Waals surface area contributed by atoms with Crippen molar-refractivity contribution in [2.75, 3.05) is 0 Å². The lowest BCUT2D eigenvalue weighted by Gasteiger charge is -2.19. The van der Waals surface area contributed by atoms with E-state index in [0.29, 0.717) is 24.0 Å². The Balaban J connectivity index is 2.34. The quantitative estimate of drug-likeness (QED) is 0.889. The molecule has 2 rings (SSSR count). The van der Waals surface area contributed by atoms with Gasteiger partial charge in [-0.15, -0.1) is 13.2 Å². The Morgan fingerprint density at radius 1 is 1.44 bits per heavy atom. The van der Waals surface area contributed by atoms with Crippen LogP contribution in [-0.4, -0.2) is 17.4 Å². The van der Waals surface area contributed by atoms with Gasteiger partial charge in [0.25, 0.3) is 0 Å². The second-order valence-electron chi connectivity index (χ2n) is 4.50. The zero-order valence-corrected chi connectivity index (χ0v) is 9.54. The molecular weight excluding hydrogens is 249 g/mol. The lowest BCUT2D eigenvalue weighted by atomic mass is 9.84. The van der Waals surface area contributed by atoms with E-state index in [1.165, 1.54) is 12.1 Å². The molecule has 1 N–H and O–H groups in total. The van der Waals surface area contributed by atoms with E-state index in [4.69, 9.17) is 5.11 Å². The van der Waals surface area contributed by atoms with Crippen molar-refractivity contribution in [1.29, 1.82) is 0 Å². The van der Waals surface area contributed by atoms with E-state index in [0.717, 1.165) is 6.07 Å². The normalized spacial score (nSPS) is 22.7. The van der Waals surface area contributed by atoms with E-state index in [1.807, 2.05) is 0 Å². The number of hydrogen-bond donors (Lipinski definition) is 1. The Hall–Kier alpha value is -1.72. The third-order valence-corrected chi connectivity index (χ3v) is 3.27. The highest BCUT2D eigenvalue weighted by Gasteiger charge is 2.41. The van der Waals surface area contributed by atoms with Crippen LogP contribution in [0.15, 0.2) is 18.2 Å². The smallest absolute Gasteiger partial charge is 0.481 e. The van der Waals surface area contributed by atoms with Crippen LogP contribution in [-0.2, 0) is 16.6 Å². The minimum Gasteiger partial charge on any atom is -0.481 e. The van der Waals surface area contributed by atoms with Crippen LogP contribution in [0.4, 0.5) is 13.2 Å². The Bertz CT molecular complexity index is 496. The van der Waals surface area contributed by atoms with Gasteiger partial charge in [-0.3, -0.25) is 4.79 Å². The number of aliphatic carboxylic acids is 1. The maximum absolute atomic E-state index is 12.1. The number of benzene rings is 1. The van der Waals surface area contributed by atoms with E-state index in [9.17, 15) is 18.0 Å². The molecule has 0 radical (unpaired) electrons. The predicted molar refractivity (Wildman–Crippen MR) is 56.4 cm³/mol. The SMILES string of the molecule is CC1(C(=O)O)CCc2cc(OC(F)(F)F)ccc21. The summed E-state index contributed by atoms with van der Waals surface area (Å²) in [6, 6.07) is 3.81. The van der Waals surface area contributed by atoms with Crippen LogP contribution in [0.3, 0.4) is 0 Å². The number of aryl methyl sites for hydroxylation is 1. The maximum atomic E-state index is 12.1. The minimum atomic E-state index is -4.73. The molecule has 1 aromatic carbocycles. The van der Waals surface area contributed by atoms with Crippen LogP contribution in [0, 0.1) is 0 Å². The average Bonchev–Trinajstić information content (AvgIpc) is 2.55. The molecule has 0 heterocycles. The second kappa shape index (κ2) is 3.90. The van der Waals surface area contributed by atoms with Crippen molar-refractivity contribution >= 4 is 5.97 Å². The van der Waals surface area contributed by atoms with Crippen molar-refractivity contribution in [1.82, 2.24) is 0 Å². The van der Waals surface area contributed by atoms with Gasteiger partial charge in [0, 0.05) is 0 Å². The molecule has 0 spiro atoms. The van der Waals surface area contributed by atoms with Gasteiger partial charge in [-0.1, -0.05) is 6.07 Å². The predicted octanol–water partition coefficient (Wildman–Crippen LogP) is 2.87. The van der Waals surface area contributed by atoms with Crippen LogP contribution < -0.4 is 4.74 Å². The van der Waals surface area contributed by atoms with Crippen LogP contribution in [0.1, 0.15) is 24.5 Å². The molecule has 1 aromatic rings. The molecule has 18 heavy (non-hydrogen) atoms. The highest BCUT2D eigenvalue weighted by molar-refractivity contribution is 5.82. The summed E-state index contributed by atoms with van der Waals surface area (Å²) in [5.41, 5.74) is 0.137. The molecule has 0 amide bonds. The largest absolute Gasteiger partial charge is 0.573 e. The minimum absolute atomic E-state index is 0.309. The summed E-state index contributed by atoms with van der Waals surface area (Å²) in [5, 5.41) is 9.16. The number of carbonyl (C=O) groups is 1. The molecule has 0 saturated heterocycles. The highest BCUT2D eigenvalue weighted by atomic mass is 19.4. The molecule has 0 bridgehead atoms. The summed E-state index contributed by atoms with van der Waals surface area (Å²) >= 11 is 0. The number of rotatable bonds is 2. The fourth-order valence-electron chi connectivity index (χ4n) is 2.25. The van der Waals surface area contributed by atoms with Crippen LogP contribution in [0.25, 0.3) is 0 Å². The molecule has 0 aliphatic heterocycles. The highest BCUT2D eigenvalue weighted by Crippen LogP contribution is 2.40. The number of hydrogen-bond acceptors (Lipinski definition) is 2. The lowest BCUT2D eigenvalue weighted by Crippen LogP contribution is -2.29. The van der Waals surface area contributed by atoms with Gasteiger partial charge >= 0.3 is 12.3 Å². The standard InChI is InChI=1S/C12H11F3O3/c1-11(10(16)17)5-4-7-6-8(2-3-9(7)11)18-12(13,14)15/h2-3,6H,4-5H2,1H3,(H,16,17). The van der Waals surface area contributed by atoms with Gasteiger partial charge in [-0.25, -0.2) is 0 Å². The van der Waals surface area contributed by atoms with Gasteiger partial charge in [0.05, 0.1) is 5.41 Å². The maximum Gasteiger partial charge on any atom is 0.573 e. The van der Waals surface area contributed by atoms with Crippen molar-refractivity contribution in [3.8, 4) is 5.75 Å². The molecule has 1 aliphatic carbocycles. The first-order valence-electron chi connectivity index (χ1n) is 5.35. The van der Waals surface area contributed by atoms with E-state index >= 15 is 0 Å². The van der Waals surface area contributed by atoms with Gasteiger partial charge in [-0.2, -0.15) is 0 Å². The van der Waals surface area contributed by atoms with Crippen LogP contribution in [0.5, 0.6) is 5.75 Å². The monoisotopic (exact) mass is 260 g/mol. The van der Waals surface area contributed by atoms with E-state index in [-0.39, 0.29) is 5.75 Å². The van der Waals surface area contributed by atoms with E-state index in [2.05, 4.69) is 4.74 Å². The molecule has 98 valence electrons. The third-order valence-electron chi connectivity index (χ3n) is 3.27. The number of ether oxygens (including phenoxy) is 1. The Morgan fingerprint density at radius 2 is 2.11 bits per heavy atom. The number of halogens is 3. The number of carboxylic acid groups (broad SMARTS) is 1. The summed E-state index contributed by atoms with van der Waals surface area (Å²) in [7, 11) is 0. The van der Waals surface area contributed by atoms with Crippen LogP contribution in [0.2, 0.25) is 0 Å². The average molecular weight is 260 g/mol. The van der Waals surface area contributed by atoms with Crippen molar-refractivity contribution < 1.29 is 27.8 Å². The van der Waals surface area contributed by atoms with Crippen molar-refractivity contribution in [2.45, 2.75) is 31.5 Å². The zero-order valence-electron chi connectivity index (χ0n) is 9.54. The number of carboxylic acids is 1. The molecule has 1 aliphatic rings. The molecule has 6 heteroatoms. The van der Waals surface area contributed by atoms with Crippen LogP contribution >= 0.6 is 0 Å². The molecule has 3 nitrogen and oxygen atoms in total. The van der Waals surface area contributed by atoms with Gasteiger partial charge in [-0.05, 0) is 43.0 Å². The second-order valence-corrected chi connectivity index (χ2v) is 4.50. The molecule has 1 atom stereocenters. The Morgan fingerprint density at radius 3 is 2.67 bits per heavy atom. The number of fused-ring (bicyclic) bond motifs is 1. The van der Waals surface area contributed by atoms with E-state index < -0.39 is 17.7 Å². The van der Waals surface area contributed by atoms with Gasteiger partial charge < -0.3 is 9.84 Å². The molecular formula is C12H11F3O3. The summed E-state index contributed by atoms with van der Waals surface area (Å²) in [6.07, 6.45) is -3.91. The molecule has 0 saturated carbocycles. The summed E-state index contributed by atoms with van der Waals surface area (Å²) in [4.78, 5) is 11.2. The molecule has 1 unspecified atom stereocenters. The van der Waals surface area contributed by atoms with E-state index in [1.54, 1.807) is 6.92 Å². The van der Waals surface area contributed by atoms with Crippen molar-refractivity contribution in [3.05, 3.63) is 29.3 Å². The van der Waals surface area contributed by atoms with Gasteiger partial charge in [0.2, 0.25) is 0 Å². The summed E-state index contributed by atoms with van der Waals surface area (Å²) in [6.45, 7) is 1.57. The third kappa shape index (κ3) is 2.14. The first-order chi connectivity index (χ1) is 8.22. The Kier molecular flexibility index (Phi) is 2.76. The molecule has 0 fully saturated rings. The first-order valence-corrected chi connectivity index (χ1v) is 5.35. The van der Waals surface area contributed by atoms with Gasteiger partial charge in [0.15, 0.2) is 0 Å². The molecule has 0 aromatic heterocycles. The van der Waals surface area contributed by atoms with Crippen molar-refractivity contribution in [2.24, 2.45) is 0 Å².